The van der Waals surface area contributed by atoms with E-state index in [9.17, 15) is 4.79 Å². The van der Waals surface area contributed by atoms with Gasteiger partial charge in [0.15, 0.2) is 0 Å². The molecule has 0 aliphatic heterocycles. The molecule has 3 nitrogen and oxygen atoms in total. The number of thiophene rings is 1. The van der Waals surface area contributed by atoms with Crippen LogP contribution < -0.4 is 5.56 Å². The third-order valence-corrected chi connectivity index (χ3v) is 4.51. The van der Waals surface area contributed by atoms with Gasteiger partial charge in [-0.2, -0.15) is 0 Å². The van der Waals surface area contributed by atoms with Crippen LogP contribution in [0.4, 0.5) is 0 Å². The van der Waals surface area contributed by atoms with Gasteiger partial charge < -0.3 is 0 Å². The fourth-order valence-corrected chi connectivity index (χ4v) is 3.30. The molecule has 0 spiro atoms. The first-order chi connectivity index (χ1) is 8.75. The molecule has 0 unspecified atom stereocenters. The van der Waals surface area contributed by atoms with Crippen LogP contribution in [0.1, 0.15) is 5.56 Å². The molecule has 0 radical (unpaired) electrons. The van der Waals surface area contributed by atoms with E-state index >= 15 is 0 Å². The molecule has 0 bridgehead atoms. The Bertz CT molecular complexity index is 763. The van der Waals surface area contributed by atoms with E-state index in [4.69, 9.17) is 0 Å². The normalized spacial score (nSPS) is 10.9. The molecule has 5 heteroatoms. The minimum atomic E-state index is 0.0147. The standard InChI is InChI=1S/C13H9IN2OS/c14-11-5-15-8-16(13(11)17)6-9-7-18-12-4-2-1-3-10(9)12/h1-5,7-8H,6H2. The predicted molar refractivity (Wildman–Crippen MR) is 82.1 cm³/mol. The lowest BCUT2D eigenvalue weighted by atomic mass is 10.2. The van der Waals surface area contributed by atoms with Crippen LogP contribution >= 0.6 is 33.9 Å². The maximum absolute atomic E-state index is 11.9. The molecule has 2 aromatic heterocycles. The quantitative estimate of drug-likeness (QED) is 0.652. The monoisotopic (exact) mass is 368 g/mol. The molecule has 0 atom stereocenters. The zero-order chi connectivity index (χ0) is 12.5. The molecule has 1 aromatic carbocycles. The summed E-state index contributed by atoms with van der Waals surface area (Å²) < 4.78 is 3.55. The molecular formula is C13H9IN2OS. The van der Waals surface area contributed by atoms with Crippen molar-refractivity contribution in [3.05, 3.63) is 61.7 Å². The number of hydrogen-bond donors (Lipinski definition) is 0. The molecule has 0 saturated heterocycles. The molecule has 0 fully saturated rings. The van der Waals surface area contributed by atoms with Gasteiger partial charge in [-0.3, -0.25) is 9.36 Å². The van der Waals surface area contributed by atoms with Crippen LogP contribution in [0.3, 0.4) is 0 Å². The minimum Gasteiger partial charge on any atom is -0.294 e. The van der Waals surface area contributed by atoms with Crippen molar-refractivity contribution in [3.8, 4) is 0 Å². The largest absolute Gasteiger partial charge is 0.294 e. The van der Waals surface area contributed by atoms with E-state index < -0.39 is 0 Å². The second-order valence-electron chi connectivity index (χ2n) is 3.93. The van der Waals surface area contributed by atoms with Crippen molar-refractivity contribution >= 4 is 44.0 Å². The summed E-state index contributed by atoms with van der Waals surface area (Å²) in [6, 6.07) is 8.24. The van der Waals surface area contributed by atoms with Gasteiger partial charge in [0.05, 0.1) is 16.4 Å². The molecule has 0 aliphatic carbocycles. The summed E-state index contributed by atoms with van der Waals surface area (Å²) in [7, 11) is 0. The van der Waals surface area contributed by atoms with Crippen LogP contribution in [0.2, 0.25) is 0 Å². The van der Waals surface area contributed by atoms with Crippen LogP contribution in [0, 0.1) is 3.57 Å². The van der Waals surface area contributed by atoms with E-state index in [2.05, 4.69) is 22.5 Å². The Morgan fingerprint density at radius 3 is 3.06 bits per heavy atom. The highest BCUT2D eigenvalue weighted by molar-refractivity contribution is 14.1. The average molecular weight is 368 g/mol. The maximum atomic E-state index is 11.9. The summed E-state index contributed by atoms with van der Waals surface area (Å²) in [6.45, 7) is 0.576. The Balaban J connectivity index is 2.07. The number of rotatable bonds is 2. The van der Waals surface area contributed by atoms with Crippen molar-refractivity contribution in [3.63, 3.8) is 0 Å². The van der Waals surface area contributed by atoms with Gasteiger partial charge in [-0.25, -0.2) is 4.98 Å². The second kappa shape index (κ2) is 4.81. The first-order valence-electron chi connectivity index (χ1n) is 5.41. The zero-order valence-electron chi connectivity index (χ0n) is 9.34. The Kier molecular flexibility index (Phi) is 3.17. The van der Waals surface area contributed by atoms with Crippen molar-refractivity contribution in [2.24, 2.45) is 0 Å². The fraction of sp³-hybridized carbons (Fsp3) is 0.0769. The van der Waals surface area contributed by atoms with Crippen molar-refractivity contribution in [2.45, 2.75) is 6.54 Å². The molecule has 3 rings (SSSR count). The van der Waals surface area contributed by atoms with E-state index in [1.165, 1.54) is 15.6 Å². The van der Waals surface area contributed by atoms with Gasteiger partial charge in [0.25, 0.3) is 5.56 Å². The first kappa shape index (κ1) is 11.9. The minimum absolute atomic E-state index is 0.0147. The first-order valence-corrected chi connectivity index (χ1v) is 7.36. The number of aromatic nitrogens is 2. The highest BCUT2D eigenvalue weighted by Crippen LogP contribution is 2.25. The van der Waals surface area contributed by atoms with Gasteiger partial charge in [-0.15, -0.1) is 11.3 Å². The molecule has 18 heavy (non-hydrogen) atoms. The fourth-order valence-electron chi connectivity index (χ4n) is 1.88. The van der Waals surface area contributed by atoms with E-state index in [0.717, 1.165) is 0 Å². The molecule has 3 aromatic rings. The Labute approximate surface area is 121 Å². The van der Waals surface area contributed by atoms with Gasteiger partial charge in [0, 0.05) is 10.9 Å². The molecule has 0 N–H and O–H groups in total. The summed E-state index contributed by atoms with van der Waals surface area (Å²) in [5.74, 6) is 0. The van der Waals surface area contributed by atoms with Crippen LogP contribution in [0.15, 0.2) is 47.0 Å². The van der Waals surface area contributed by atoms with Crippen LogP contribution in [-0.2, 0) is 6.54 Å². The van der Waals surface area contributed by atoms with Crippen molar-refractivity contribution in [1.82, 2.24) is 9.55 Å². The lowest BCUT2D eigenvalue weighted by Crippen LogP contribution is -2.22. The lowest BCUT2D eigenvalue weighted by molar-refractivity contribution is 0.735. The third-order valence-electron chi connectivity index (χ3n) is 2.76. The summed E-state index contributed by atoms with van der Waals surface area (Å²) >= 11 is 3.72. The highest BCUT2D eigenvalue weighted by Gasteiger charge is 2.06. The number of nitrogens with zero attached hydrogens (tertiary/aromatic N) is 2. The highest BCUT2D eigenvalue weighted by atomic mass is 127. The SMILES string of the molecule is O=c1c(I)cncn1Cc1csc2ccccc12. The van der Waals surface area contributed by atoms with Gasteiger partial charge >= 0.3 is 0 Å². The lowest BCUT2D eigenvalue weighted by Gasteiger charge is -2.04. The molecule has 2 heterocycles. The number of hydrogen-bond acceptors (Lipinski definition) is 3. The van der Waals surface area contributed by atoms with E-state index in [1.54, 1.807) is 28.4 Å². The number of halogens is 1. The summed E-state index contributed by atoms with van der Waals surface area (Å²) in [5, 5.41) is 3.32. The van der Waals surface area contributed by atoms with Gasteiger partial charge in [0.2, 0.25) is 0 Å². The summed E-state index contributed by atoms with van der Waals surface area (Å²) in [6.07, 6.45) is 3.18. The van der Waals surface area contributed by atoms with Gasteiger partial charge in [-0.1, -0.05) is 18.2 Å². The molecule has 0 aliphatic rings. The topological polar surface area (TPSA) is 34.9 Å². The average Bonchev–Trinajstić information content (AvgIpc) is 2.79. The van der Waals surface area contributed by atoms with Crippen LogP contribution in [-0.4, -0.2) is 9.55 Å². The number of benzene rings is 1. The second-order valence-corrected chi connectivity index (χ2v) is 6.01. The Morgan fingerprint density at radius 2 is 2.17 bits per heavy atom. The Morgan fingerprint density at radius 1 is 1.33 bits per heavy atom. The summed E-state index contributed by atoms with van der Waals surface area (Å²) in [4.78, 5) is 16.0. The van der Waals surface area contributed by atoms with Crippen molar-refractivity contribution in [1.29, 1.82) is 0 Å². The molecule has 0 amide bonds. The van der Waals surface area contributed by atoms with Crippen LogP contribution in [0.5, 0.6) is 0 Å². The predicted octanol–water partition coefficient (Wildman–Crippen LogP) is 3.11. The van der Waals surface area contributed by atoms with E-state index in [0.29, 0.717) is 10.1 Å². The number of fused-ring (bicyclic) bond motifs is 1. The Hall–Kier alpha value is -1.21. The molecular weight excluding hydrogens is 359 g/mol. The summed E-state index contributed by atoms with van der Waals surface area (Å²) in [5.41, 5.74) is 1.18. The van der Waals surface area contributed by atoms with Crippen molar-refractivity contribution < 1.29 is 0 Å². The van der Waals surface area contributed by atoms with Gasteiger partial charge in [-0.05, 0) is 45.0 Å². The third kappa shape index (κ3) is 2.08. The smallest absolute Gasteiger partial charge is 0.267 e. The van der Waals surface area contributed by atoms with E-state index in [-0.39, 0.29) is 5.56 Å². The maximum Gasteiger partial charge on any atom is 0.267 e. The van der Waals surface area contributed by atoms with Gasteiger partial charge in [0.1, 0.15) is 0 Å². The molecule has 90 valence electrons. The zero-order valence-corrected chi connectivity index (χ0v) is 12.3. The molecule has 0 saturated carbocycles. The van der Waals surface area contributed by atoms with Crippen LogP contribution in [0.25, 0.3) is 10.1 Å². The van der Waals surface area contributed by atoms with Crippen molar-refractivity contribution in [2.75, 3.05) is 0 Å². The van der Waals surface area contributed by atoms with E-state index in [1.807, 2.05) is 34.7 Å².